The number of carbonyl (C=O) groups excluding carboxylic acids is 1. The van der Waals surface area contributed by atoms with Crippen LogP contribution in [0.1, 0.15) is 12.8 Å². The summed E-state index contributed by atoms with van der Waals surface area (Å²) in [7, 11) is 0. The predicted molar refractivity (Wildman–Crippen MR) is 63.6 cm³/mol. The summed E-state index contributed by atoms with van der Waals surface area (Å²) >= 11 is 0. The Kier molecular flexibility index (Phi) is 5.88. The van der Waals surface area contributed by atoms with Crippen LogP contribution in [0.4, 0.5) is 5.69 Å². The molecular weight excluding hydrogens is 222 g/mol. The Hall–Kier alpha value is -1.75. The van der Waals surface area contributed by atoms with Gasteiger partial charge < -0.3 is 20.3 Å². The lowest BCUT2D eigenvalue weighted by atomic mass is 10.3. The Morgan fingerprint density at radius 2 is 2.06 bits per heavy atom. The van der Waals surface area contributed by atoms with Gasteiger partial charge in [-0.15, -0.1) is 0 Å². The zero-order valence-electron chi connectivity index (χ0n) is 9.59. The zero-order valence-corrected chi connectivity index (χ0v) is 9.59. The number of nitrogen functional groups attached to an aromatic ring is 1. The largest absolute Gasteiger partial charge is 0.491 e. The minimum Gasteiger partial charge on any atom is -0.491 e. The second kappa shape index (κ2) is 7.51. The number of hydrogen-bond donors (Lipinski definition) is 2. The van der Waals surface area contributed by atoms with Crippen LogP contribution in [0.25, 0.3) is 0 Å². The van der Waals surface area contributed by atoms with Gasteiger partial charge in [0.25, 0.3) is 0 Å². The van der Waals surface area contributed by atoms with Crippen molar-refractivity contribution in [3.8, 4) is 5.75 Å². The van der Waals surface area contributed by atoms with E-state index in [9.17, 15) is 4.79 Å². The van der Waals surface area contributed by atoms with E-state index in [4.69, 9.17) is 20.3 Å². The van der Waals surface area contributed by atoms with Gasteiger partial charge in [-0.2, -0.15) is 0 Å². The molecule has 0 radical (unpaired) electrons. The molecule has 0 aromatic heterocycles. The highest BCUT2D eigenvalue weighted by atomic mass is 16.5. The summed E-state index contributed by atoms with van der Waals surface area (Å²) in [5.74, 6) is 0.226. The number of aliphatic hydroxyl groups excluding tert-OH is 1. The first-order valence-corrected chi connectivity index (χ1v) is 5.48. The average molecular weight is 239 g/mol. The fraction of sp³-hybridized carbons (Fsp3) is 0.417. The highest BCUT2D eigenvalue weighted by Gasteiger charge is 2.04. The summed E-state index contributed by atoms with van der Waals surface area (Å²) in [6.45, 7) is 0.485. The topological polar surface area (TPSA) is 81.8 Å². The van der Waals surface area contributed by atoms with Crippen LogP contribution < -0.4 is 10.5 Å². The monoisotopic (exact) mass is 239 g/mol. The van der Waals surface area contributed by atoms with Gasteiger partial charge in [-0.05, 0) is 12.1 Å². The molecule has 94 valence electrons. The molecule has 0 aliphatic rings. The van der Waals surface area contributed by atoms with E-state index in [2.05, 4.69) is 0 Å². The van der Waals surface area contributed by atoms with Crippen LogP contribution in [0.15, 0.2) is 24.3 Å². The number of anilines is 1. The number of carbonyl (C=O) groups is 1. The average Bonchev–Trinajstić information content (AvgIpc) is 2.32. The summed E-state index contributed by atoms with van der Waals surface area (Å²) in [4.78, 5) is 11.2. The lowest BCUT2D eigenvalue weighted by Crippen LogP contribution is -2.11. The van der Waals surface area contributed by atoms with Crippen molar-refractivity contribution in [3.05, 3.63) is 24.3 Å². The highest BCUT2D eigenvalue weighted by Crippen LogP contribution is 2.19. The minimum atomic E-state index is -0.340. The van der Waals surface area contributed by atoms with Crippen LogP contribution >= 0.6 is 0 Å². The number of hydrogen-bond acceptors (Lipinski definition) is 5. The standard InChI is InChI=1S/C12H17NO4/c13-10-4-1-2-5-11(10)16-9-6-12(15)17-8-3-7-14/h1-2,4-5,14H,3,6-9,13H2. The summed E-state index contributed by atoms with van der Waals surface area (Å²) in [6.07, 6.45) is 0.623. The first-order valence-electron chi connectivity index (χ1n) is 5.48. The van der Waals surface area contributed by atoms with E-state index < -0.39 is 0 Å². The smallest absolute Gasteiger partial charge is 0.309 e. The van der Waals surface area contributed by atoms with Crippen molar-refractivity contribution in [2.24, 2.45) is 0 Å². The van der Waals surface area contributed by atoms with Crippen molar-refractivity contribution in [1.29, 1.82) is 0 Å². The predicted octanol–water partition coefficient (Wildman–Crippen LogP) is 0.963. The summed E-state index contributed by atoms with van der Waals surface area (Å²) in [5.41, 5.74) is 6.21. The molecule has 0 saturated carbocycles. The number of esters is 1. The summed E-state index contributed by atoms with van der Waals surface area (Å²) < 4.78 is 10.2. The van der Waals surface area contributed by atoms with E-state index in [-0.39, 0.29) is 32.2 Å². The molecule has 0 atom stereocenters. The Morgan fingerprint density at radius 1 is 1.29 bits per heavy atom. The van der Waals surface area contributed by atoms with Crippen LogP contribution in [0, 0.1) is 0 Å². The van der Waals surface area contributed by atoms with Gasteiger partial charge in [0.05, 0.1) is 25.3 Å². The fourth-order valence-electron chi connectivity index (χ4n) is 1.18. The highest BCUT2D eigenvalue weighted by molar-refractivity contribution is 5.69. The first kappa shape index (κ1) is 13.3. The molecule has 1 aromatic carbocycles. The Bertz CT molecular complexity index is 354. The second-order valence-electron chi connectivity index (χ2n) is 3.43. The van der Waals surface area contributed by atoms with Gasteiger partial charge in [0.2, 0.25) is 0 Å². The molecule has 0 saturated heterocycles. The van der Waals surface area contributed by atoms with Crippen LogP contribution in [0.3, 0.4) is 0 Å². The number of para-hydroxylation sites is 2. The van der Waals surface area contributed by atoms with Crippen LogP contribution in [-0.4, -0.2) is 30.9 Å². The quantitative estimate of drug-likeness (QED) is 0.421. The van der Waals surface area contributed by atoms with Crippen molar-refractivity contribution >= 4 is 11.7 Å². The molecule has 1 aromatic rings. The SMILES string of the molecule is Nc1ccccc1OCCC(=O)OCCCO. The maximum absolute atomic E-state index is 11.2. The van der Waals surface area contributed by atoms with Crippen molar-refractivity contribution < 1.29 is 19.4 Å². The third-order valence-electron chi connectivity index (χ3n) is 2.05. The van der Waals surface area contributed by atoms with E-state index in [1.54, 1.807) is 12.1 Å². The molecular formula is C12H17NO4. The third-order valence-corrected chi connectivity index (χ3v) is 2.05. The van der Waals surface area contributed by atoms with E-state index in [1.165, 1.54) is 0 Å². The van der Waals surface area contributed by atoms with Gasteiger partial charge in [0, 0.05) is 13.0 Å². The molecule has 0 unspecified atom stereocenters. The molecule has 17 heavy (non-hydrogen) atoms. The van der Waals surface area contributed by atoms with Gasteiger partial charge in [0.15, 0.2) is 0 Å². The molecule has 0 aliphatic carbocycles. The molecule has 0 heterocycles. The molecule has 0 bridgehead atoms. The fourth-order valence-corrected chi connectivity index (χ4v) is 1.18. The minimum absolute atomic E-state index is 0.0182. The lowest BCUT2D eigenvalue weighted by Gasteiger charge is -2.08. The number of ether oxygens (including phenoxy) is 2. The van der Waals surface area contributed by atoms with Crippen LogP contribution in [0.2, 0.25) is 0 Å². The molecule has 5 heteroatoms. The first-order chi connectivity index (χ1) is 8.24. The summed E-state index contributed by atoms with van der Waals surface area (Å²) in [5, 5.41) is 8.50. The van der Waals surface area contributed by atoms with Crippen LogP contribution in [0.5, 0.6) is 5.75 Å². The number of benzene rings is 1. The van der Waals surface area contributed by atoms with E-state index in [0.29, 0.717) is 17.9 Å². The Balaban J connectivity index is 2.19. The van der Waals surface area contributed by atoms with E-state index >= 15 is 0 Å². The molecule has 0 aliphatic heterocycles. The van der Waals surface area contributed by atoms with Crippen molar-refractivity contribution in [1.82, 2.24) is 0 Å². The Labute approximate surface area is 100 Å². The van der Waals surface area contributed by atoms with Gasteiger partial charge in [-0.25, -0.2) is 0 Å². The molecule has 0 spiro atoms. The molecule has 0 amide bonds. The number of nitrogens with two attached hydrogens (primary N) is 1. The molecule has 5 nitrogen and oxygen atoms in total. The molecule has 1 rings (SSSR count). The third kappa shape index (κ3) is 5.21. The number of rotatable bonds is 7. The van der Waals surface area contributed by atoms with Gasteiger partial charge in [-0.1, -0.05) is 12.1 Å². The Morgan fingerprint density at radius 3 is 2.76 bits per heavy atom. The maximum atomic E-state index is 11.2. The van der Waals surface area contributed by atoms with E-state index in [1.807, 2.05) is 12.1 Å². The van der Waals surface area contributed by atoms with Crippen molar-refractivity contribution in [3.63, 3.8) is 0 Å². The van der Waals surface area contributed by atoms with Gasteiger partial charge in [-0.3, -0.25) is 4.79 Å². The van der Waals surface area contributed by atoms with Crippen molar-refractivity contribution in [2.45, 2.75) is 12.8 Å². The molecule has 3 N–H and O–H groups in total. The van der Waals surface area contributed by atoms with Gasteiger partial charge in [0.1, 0.15) is 5.75 Å². The normalized spacial score (nSPS) is 9.94. The van der Waals surface area contributed by atoms with Crippen LogP contribution in [-0.2, 0) is 9.53 Å². The maximum Gasteiger partial charge on any atom is 0.309 e. The van der Waals surface area contributed by atoms with Gasteiger partial charge >= 0.3 is 5.97 Å². The zero-order chi connectivity index (χ0) is 12.5. The number of aliphatic hydroxyl groups is 1. The van der Waals surface area contributed by atoms with Crippen molar-refractivity contribution in [2.75, 3.05) is 25.6 Å². The summed E-state index contributed by atoms with van der Waals surface area (Å²) in [6, 6.07) is 7.10. The second-order valence-corrected chi connectivity index (χ2v) is 3.43. The lowest BCUT2D eigenvalue weighted by molar-refractivity contribution is -0.144. The molecule has 0 fully saturated rings. The van der Waals surface area contributed by atoms with E-state index in [0.717, 1.165) is 0 Å².